The first-order valence-corrected chi connectivity index (χ1v) is 13.3. The highest BCUT2D eigenvalue weighted by Crippen LogP contribution is 2.32. The molecule has 2 fully saturated rings. The molecule has 1 aliphatic heterocycles. The summed E-state index contributed by atoms with van der Waals surface area (Å²) in [5, 5.41) is 8.27. The molecule has 0 bridgehead atoms. The lowest BCUT2D eigenvalue weighted by Gasteiger charge is -2.30. The molecule has 2 aliphatic rings. The second-order valence-corrected chi connectivity index (χ2v) is 10.00. The normalized spacial score (nSPS) is 22.4. The fraction of sp³-hybridized carbons (Fsp3) is 0.769. The van der Waals surface area contributed by atoms with Gasteiger partial charge in [0, 0.05) is 63.5 Å². The van der Waals surface area contributed by atoms with Crippen LogP contribution in [-0.4, -0.2) is 76.2 Å². The minimum absolute atomic E-state index is 0.0500. The maximum absolute atomic E-state index is 12.7. The van der Waals surface area contributed by atoms with Crippen LogP contribution >= 0.6 is 0 Å². The topological polar surface area (TPSA) is 121 Å². The molecule has 0 N–H and O–H groups in total. The number of hydrogen-bond donors (Lipinski definition) is 0. The fourth-order valence-corrected chi connectivity index (χ4v) is 4.90. The largest absolute Gasteiger partial charge is 0.380 e. The van der Waals surface area contributed by atoms with E-state index in [1.807, 2.05) is 13.1 Å². The Balaban J connectivity index is 1.27. The molecule has 1 saturated carbocycles. The van der Waals surface area contributed by atoms with Gasteiger partial charge in [0.05, 0.1) is 18.8 Å². The Morgan fingerprint density at radius 1 is 1.08 bits per heavy atom. The zero-order chi connectivity index (χ0) is 25.9. The van der Waals surface area contributed by atoms with Crippen molar-refractivity contribution < 1.29 is 28.7 Å². The van der Waals surface area contributed by atoms with Crippen molar-refractivity contribution in [1.82, 2.24) is 19.9 Å². The van der Waals surface area contributed by atoms with Gasteiger partial charge in [0.1, 0.15) is 12.4 Å². The van der Waals surface area contributed by atoms with Crippen LogP contribution in [-0.2, 0) is 41.6 Å². The van der Waals surface area contributed by atoms with Gasteiger partial charge in [0.25, 0.3) is 0 Å². The smallest absolute Gasteiger partial charge is 0.232 e. The summed E-state index contributed by atoms with van der Waals surface area (Å²) in [6.07, 6.45) is 7.69. The molecule has 10 nitrogen and oxygen atoms in total. The molecule has 1 aliphatic carbocycles. The summed E-state index contributed by atoms with van der Waals surface area (Å²) in [5.41, 5.74) is 0.790. The molecule has 3 rings (SSSR count). The van der Waals surface area contributed by atoms with E-state index in [0.717, 1.165) is 31.4 Å². The van der Waals surface area contributed by atoms with Gasteiger partial charge in [-0.2, -0.15) is 0 Å². The summed E-state index contributed by atoms with van der Waals surface area (Å²) >= 11 is 0. The first kappa shape index (κ1) is 28.1. The Hall–Kier alpha value is -2.46. The number of nitrogens with zero attached hydrogens (tertiary/aromatic N) is 4. The van der Waals surface area contributed by atoms with Gasteiger partial charge >= 0.3 is 0 Å². The number of hydrogen-bond acceptors (Lipinski definition) is 8. The first-order chi connectivity index (χ1) is 17.4. The zero-order valence-electron chi connectivity index (χ0n) is 21.7. The third kappa shape index (κ3) is 8.58. The second kappa shape index (κ2) is 14.3. The van der Waals surface area contributed by atoms with E-state index in [1.165, 1.54) is 4.90 Å². The van der Waals surface area contributed by atoms with Crippen molar-refractivity contribution in [2.75, 3.05) is 33.0 Å². The average Bonchev–Trinajstić information content (AvgIpc) is 3.42. The van der Waals surface area contributed by atoms with Crippen molar-refractivity contribution in [1.29, 1.82) is 0 Å². The lowest BCUT2D eigenvalue weighted by atomic mass is 9.79. The number of aryl methyl sites for hydroxylation is 1. The van der Waals surface area contributed by atoms with E-state index in [-0.39, 0.29) is 41.8 Å². The average molecular weight is 505 g/mol. The predicted octanol–water partition coefficient (Wildman–Crippen LogP) is 2.38. The van der Waals surface area contributed by atoms with Gasteiger partial charge in [0.15, 0.2) is 5.78 Å². The van der Waals surface area contributed by atoms with Gasteiger partial charge < -0.3 is 9.47 Å². The van der Waals surface area contributed by atoms with Crippen molar-refractivity contribution in [2.45, 2.75) is 78.2 Å². The van der Waals surface area contributed by atoms with Crippen LogP contribution in [0, 0.1) is 17.8 Å². The standard InChI is InChI=1S/C26H40N4O6/c1-3-35-18-23(31)5-4-13-36-14-12-29-17-22(27-28-29)10-11-24(32)21-8-6-20(7-9-21)16-30-25(33)15-19(2)26(30)34/h17,19-21H,3-16,18H2,1-2H3. The number of ketones is 2. The maximum Gasteiger partial charge on any atom is 0.232 e. The van der Waals surface area contributed by atoms with Crippen molar-refractivity contribution in [3.63, 3.8) is 0 Å². The number of amides is 2. The third-order valence-electron chi connectivity index (χ3n) is 7.10. The van der Waals surface area contributed by atoms with Crippen LogP contribution in [0.5, 0.6) is 0 Å². The molecule has 200 valence electrons. The molecule has 0 aromatic carbocycles. The van der Waals surface area contributed by atoms with Gasteiger partial charge in [0.2, 0.25) is 11.8 Å². The minimum Gasteiger partial charge on any atom is -0.380 e. The lowest BCUT2D eigenvalue weighted by molar-refractivity contribution is -0.140. The highest BCUT2D eigenvalue weighted by Gasteiger charge is 2.37. The Bertz CT molecular complexity index is 893. The molecule has 1 unspecified atom stereocenters. The van der Waals surface area contributed by atoms with Crippen LogP contribution < -0.4 is 0 Å². The third-order valence-corrected chi connectivity index (χ3v) is 7.10. The summed E-state index contributed by atoms with van der Waals surface area (Å²) in [6.45, 7) is 6.45. The maximum atomic E-state index is 12.7. The minimum atomic E-state index is -0.200. The Labute approximate surface area is 213 Å². The summed E-state index contributed by atoms with van der Waals surface area (Å²) in [6, 6.07) is 0. The molecule has 0 spiro atoms. The lowest BCUT2D eigenvalue weighted by Crippen LogP contribution is -2.36. The van der Waals surface area contributed by atoms with Gasteiger partial charge in [-0.05, 0) is 44.9 Å². The molecule has 1 atom stereocenters. The van der Waals surface area contributed by atoms with E-state index in [0.29, 0.717) is 70.9 Å². The quantitative estimate of drug-likeness (QED) is 0.249. The molecule has 2 heterocycles. The molecule has 2 amide bonds. The van der Waals surface area contributed by atoms with E-state index in [4.69, 9.17) is 9.47 Å². The number of carbonyl (C=O) groups is 4. The van der Waals surface area contributed by atoms with E-state index >= 15 is 0 Å². The molecule has 10 heteroatoms. The van der Waals surface area contributed by atoms with Crippen LogP contribution in [0.25, 0.3) is 0 Å². The van der Waals surface area contributed by atoms with Crippen LogP contribution in [0.4, 0.5) is 0 Å². The fourth-order valence-electron chi connectivity index (χ4n) is 4.90. The summed E-state index contributed by atoms with van der Waals surface area (Å²) in [7, 11) is 0. The van der Waals surface area contributed by atoms with Gasteiger partial charge in [-0.1, -0.05) is 12.1 Å². The molecular weight excluding hydrogens is 464 g/mol. The molecule has 1 aromatic rings. The number of ether oxygens (including phenoxy) is 2. The highest BCUT2D eigenvalue weighted by atomic mass is 16.5. The van der Waals surface area contributed by atoms with Gasteiger partial charge in [-0.3, -0.25) is 24.1 Å². The zero-order valence-corrected chi connectivity index (χ0v) is 21.7. The summed E-state index contributed by atoms with van der Waals surface area (Å²) in [4.78, 5) is 49.9. The number of imide groups is 1. The van der Waals surface area contributed by atoms with Crippen molar-refractivity contribution in [3.05, 3.63) is 11.9 Å². The number of likely N-dealkylation sites (tertiary alicyclic amines) is 1. The van der Waals surface area contributed by atoms with Crippen molar-refractivity contribution >= 4 is 23.4 Å². The van der Waals surface area contributed by atoms with E-state index < -0.39 is 0 Å². The second-order valence-electron chi connectivity index (χ2n) is 10.00. The summed E-state index contributed by atoms with van der Waals surface area (Å²) in [5.74, 6) is 0.381. The van der Waals surface area contributed by atoms with Crippen LogP contribution in [0.3, 0.4) is 0 Å². The summed E-state index contributed by atoms with van der Waals surface area (Å²) < 4.78 is 12.4. The van der Waals surface area contributed by atoms with Crippen LogP contribution in [0.1, 0.15) is 70.9 Å². The first-order valence-electron chi connectivity index (χ1n) is 13.3. The van der Waals surface area contributed by atoms with Crippen LogP contribution in [0.15, 0.2) is 6.20 Å². The van der Waals surface area contributed by atoms with Crippen molar-refractivity contribution in [2.24, 2.45) is 17.8 Å². The highest BCUT2D eigenvalue weighted by molar-refractivity contribution is 6.03. The van der Waals surface area contributed by atoms with E-state index in [9.17, 15) is 19.2 Å². The molecule has 1 saturated heterocycles. The van der Waals surface area contributed by atoms with E-state index in [2.05, 4.69) is 10.3 Å². The van der Waals surface area contributed by atoms with Gasteiger partial charge in [-0.15, -0.1) is 5.10 Å². The number of Topliss-reactive ketones (excluding diaryl/α,β-unsaturated/α-hetero) is 2. The molecule has 36 heavy (non-hydrogen) atoms. The Morgan fingerprint density at radius 3 is 2.56 bits per heavy atom. The molecule has 1 aromatic heterocycles. The van der Waals surface area contributed by atoms with Crippen LogP contribution in [0.2, 0.25) is 0 Å². The van der Waals surface area contributed by atoms with E-state index in [1.54, 1.807) is 11.6 Å². The Morgan fingerprint density at radius 2 is 1.86 bits per heavy atom. The Kier molecular flexibility index (Phi) is 11.2. The van der Waals surface area contributed by atoms with Gasteiger partial charge in [-0.25, -0.2) is 4.68 Å². The molecule has 0 radical (unpaired) electrons. The molecular formula is C26H40N4O6. The number of rotatable bonds is 16. The predicted molar refractivity (Wildman–Crippen MR) is 131 cm³/mol. The number of carbonyl (C=O) groups excluding carboxylic acids is 4. The monoisotopic (exact) mass is 504 g/mol. The number of aromatic nitrogens is 3. The SMILES string of the molecule is CCOCC(=O)CCCOCCn1cc(CCC(=O)C2CCC(CN3C(=O)CC(C)C3=O)CC2)nn1. The van der Waals surface area contributed by atoms with Crippen molar-refractivity contribution in [3.8, 4) is 0 Å².